The predicted molar refractivity (Wildman–Crippen MR) is 26.2 cm³/mol. The molecule has 8 heavy (non-hydrogen) atoms. The number of azo groups is 1. The molecular weight excluding hydrogens is 104 g/mol. The average Bonchev–Trinajstić information content (AvgIpc) is 1.72. The number of rotatable bonds is 0. The number of nitrogens with zero attached hydrogens (tertiary/aromatic N) is 4. The molecule has 0 amide bonds. The molecule has 0 fully saturated rings. The summed E-state index contributed by atoms with van der Waals surface area (Å²) in [4.78, 5) is 7.69. The highest BCUT2D eigenvalue weighted by Gasteiger charge is 2.09. The van der Waals surface area contributed by atoms with Crippen molar-refractivity contribution in [1.29, 1.82) is 0 Å². The van der Waals surface area contributed by atoms with Crippen molar-refractivity contribution in [2.24, 2.45) is 10.2 Å². The molecule has 4 nitrogen and oxygen atoms in total. The summed E-state index contributed by atoms with van der Waals surface area (Å²) in [6.07, 6.45) is 3.19. The highest BCUT2D eigenvalue weighted by molar-refractivity contribution is 5.54. The van der Waals surface area contributed by atoms with Crippen molar-refractivity contribution in [3.63, 3.8) is 0 Å². The molecule has 0 unspecified atom stereocenters. The van der Waals surface area contributed by atoms with E-state index < -0.39 is 0 Å². The summed E-state index contributed by atoms with van der Waals surface area (Å²) < 4.78 is 0. The predicted octanol–water partition coefficient (Wildman–Crippen LogP) is 1.21. The lowest BCUT2D eigenvalue weighted by molar-refractivity contribution is 1.000. The topological polar surface area (TPSA) is 50.5 Å². The van der Waals surface area contributed by atoms with Gasteiger partial charge in [-0.2, -0.15) is 0 Å². The molecule has 0 saturated carbocycles. The smallest absolute Gasteiger partial charge is 0.221 e. The lowest BCUT2D eigenvalue weighted by Gasteiger charge is -2.00. The second-order valence-electron chi connectivity index (χ2n) is 1.40. The van der Waals surface area contributed by atoms with E-state index in [0.717, 1.165) is 0 Å². The maximum absolute atomic E-state index is 3.84. The van der Waals surface area contributed by atoms with Crippen LogP contribution in [-0.4, -0.2) is 9.97 Å². The van der Waals surface area contributed by atoms with Crippen LogP contribution in [-0.2, 0) is 0 Å². The zero-order chi connectivity index (χ0) is 5.40. The average molecular weight is 106 g/mol. The Labute approximate surface area is 45.3 Å². The van der Waals surface area contributed by atoms with Gasteiger partial charge in [-0.15, -0.1) is 10.2 Å². The third-order valence-electron chi connectivity index (χ3n) is 0.900. The standard InChI is InChI=1S/C4H2N4/c1-2-6-4-3(5-1)7-8-4/h1-2H. The van der Waals surface area contributed by atoms with Gasteiger partial charge in [-0.1, -0.05) is 0 Å². The molecule has 1 aliphatic heterocycles. The van der Waals surface area contributed by atoms with E-state index in [1.807, 2.05) is 0 Å². The molecule has 1 aromatic rings. The van der Waals surface area contributed by atoms with Crippen LogP contribution < -0.4 is 0 Å². The molecule has 4 heteroatoms. The van der Waals surface area contributed by atoms with E-state index >= 15 is 0 Å². The molecule has 0 saturated heterocycles. The first kappa shape index (κ1) is 3.65. The highest BCUT2D eigenvalue weighted by Crippen LogP contribution is 2.30. The monoisotopic (exact) mass is 106 g/mol. The molecule has 1 aromatic heterocycles. The molecule has 2 rings (SSSR count). The Balaban J connectivity index is 2.69. The minimum absolute atomic E-state index is 0.646. The Kier molecular flexibility index (Phi) is 0.498. The van der Waals surface area contributed by atoms with Crippen molar-refractivity contribution in [3.05, 3.63) is 12.4 Å². The van der Waals surface area contributed by atoms with E-state index in [9.17, 15) is 0 Å². The van der Waals surface area contributed by atoms with E-state index in [4.69, 9.17) is 0 Å². The third kappa shape index (κ3) is 0.294. The summed E-state index contributed by atoms with van der Waals surface area (Å²) in [7, 11) is 0. The minimum Gasteiger partial charge on any atom is -0.231 e. The summed E-state index contributed by atoms with van der Waals surface area (Å²) in [6.45, 7) is 0. The molecule has 0 spiro atoms. The van der Waals surface area contributed by atoms with Crippen molar-refractivity contribution >= 4 is 11.6 Å². The Morgan fingerprint density at radius 3 is 1.62 bits per heavy atom. The number of aromatic nitrogens is 2. The van der Waals surface area contributed by atoms with Gasteiger partial charge < -0.3 is 0 Å². The molecule has 1 aliphatic rings. The molecule has 2 heterocycles. The zero-order valence-corrected chi connectivity index (χ0v) is 3.94. The van der Waals surface area contributed by atoms with Crippen LogP contribution in [0.4, 0.5) is 11.6 Å². The highest BCUT2D eigenvalue weighted by atomic mass is 15.3. The zero-order valence-electron chi connectivity index (χ0n) is 3.94. The molecule has 0 atom stereocenters. The summed E-state index contributed by atoms with van der Waals surface area (Å²) in [5.74, 6) is 1.29. The van der Waals surface area contributed by atoms with Crippen molar-refractivity contribution in [3.8, 4) is 0 Å². The largest absolute Gasteiger partial charge is 0.231 e. The Morgan fingerprint density at radius 2 is 1.38 bits per heavy atom. The van der Waals surface area contributed by atoms with Crippen LogP contribution in [0.1, 0.15) is 0 Å². The molecule has 38 valence electrons. The van der Waals surface area contributed by atoms with Crippen LogP contribution in [0.25, 0.3) is 0 Å². The Hall–Kier alpha value is -1.32. The summed E-state index contributed by atoms with van der Waals surface area (Å²) >= 11 is 0. The van der Waals surface area contributed by atoms with Crippen molar-refractivity contribution in [1.82, 2.24) is 9.97 Å². The first-order valence-corrected chi connectivity index (χ1v) is 2.19. The molecule has 0 aromatic carbocycles. The lowest BCUT2D eigenvalue weighted by Crippen LogP contribution is -1.83. The van der Waals surface area contributed by atoms with Gasteiger partial charge in [0.2, 0.25) is 11.6 Å². The number of hydrogen-bond acceptors (Lipinski definition) is 4. The van der Waals surface area contributed by atoms with Crippen molar-refractivity contribution < 1.29 is 0 Å². The van der Waals surface area contributed by atoms with E-state index in [1.165, 1.54) is 0 Å². The van der Waals surface area contributed by atoms with Gasteiger partial charge in [0.05, 0.1) is 0 Å². The first-order chi connectivity index (χ1) is 3.97. The van der Waals surface area contributed by atoms with E-state index in [1.54, 1.807) is 12.4 Å². The minimum atomic E-state index is 0.646. The van der Waals surface area contributed by atoms with E-state index in [0.29, 0.717) is 11.6 Å². The van der Waals surface area contributed by atoms with Crippen molar-refractivity contribution in [2.75, 3.05) is 0 Å². The van der Waals surface area contributed by atoms with Crippen LogP contribution >= 0.6 is 0 Å². The van der Waals surface area contributed by atoms with Gasteiger partial charge in [0.1, 0.15) is 0 Å². The van der Waals surface area contributed by atoms with Crippen LogP contribution in [0.5, 0.6) is 0 Å². The number of fused-ring (bicyclic) bond motifs is 1. The first-order valence-electron chi connectivity index (χ1n) is 2.19. The van der Waals surface area contributed by atoms with Gasteiger partial charge in [-0.3, -0.25) is 0 Å². The normalized spacial score (nSPS) is 12.5. The summed E-state index contributed by atoms with van der Waals surface area (Å²) in [5.41, 5.74) is 0. The fraction of sp³-hybridized carbons (Fsp3) is 0. The quantitative estimate of drug-likeness (QED) is 0.506. The van der Waals surface area contributed by atoms with Crippen LogP contribution in [0, 0.1) is 0 Å². The molecular formula is C4H2N4. The van der Waals surface area contributed by atoms with E-state index in [2.05, 4.69) is 20.2 Å². The van der Waals surface area contributed by atoms with Gasteiger partial charge in [0.25, 0.3) is 0 Å². The molecule has 0 aliphatic carbocycles. The molecule has 0 radical (unpaired) electrons. The maximum Gasteiger partial charge on any atom is 0.221 e. The summed E-state index contributed by atoms with van der Waals surface area (Å²) in [5, 5.41) is 7.17. The van der Waals surface area contributed by atoms with Gasteiger partial charge in [0, 0.05) is 12.4 Å². The Morgan fingerprint density at radius 1 is 0.875 bits per heavy atom. The number of hydrogen-bond donors (Lipinski definition) is 0. The van der Waals surface area contributed by atoms with Crippen LogP contribution in [0.2, 0.25) is 0 Å². The second kappa shape index (κ2) is 1.09. The van der Waals surface area contributed by atoms with Crippen molar-refractivity contribution in [2.45, 2.75) is 0 Å². The lowest BCUT2D eigenvalue weighted by atomic mass is 10.6. The van der Waals surface area contributed by atoms with Gasteiger partial charge >= 0.3 is 0 Å². The Bertz CT molecular complexity index is 217. The van der Waals surface area contributed by atoms with Crippen LogP contribution in [0.3, 0.4) is 0 Å². The van der Waals surface area contributed by atoms with E-state index in [-0.39, 0.29) is 0 Å². The third-order valence-corrected chi connectivity index (χ3v) is 0.900. The molecule has 0 bridgehead atoms. The maximum atomic E-state index is 3.84. The summed E-state index contributed by atoms with van der Waals surface area (Å²) in [6, 6.07) is 0. The van der Waals surface area contributed by atoms with Gasteiger partial charge in [-0.05, 0) is 0 Å². The van der Waals surface area contributed by atoms with Crippen LogP contribution in [0.15, 0.2) is 22.6 Å². The molecule has 0 N–H and O–H groups in total. The van der Waals surface area contributed by atoms with Gasteiger partial charge in [0.15, 0.2) is 0 Å². The fourth-order valence-electron chi connectivity index (χ4n) is 0.514. The second-order valence-corrected chi connectivity index (χ2v) is 1.40. The fourth-order valence-corrected chi connectivity index (χ4v) is 0.514. The van der Waals surface area contributed by atoms with Gasteiger partial charge in [-0.25, -0.2) is 9.97 Å². The SMILES string of the molecule is c1cnc2c(n1)N=N2.